The van der Waals surface area contributed by atoms with E-state index < -0.39 is 0 Å². The van der Waals surface area contributed by atoms with Crippen molar-refractivity contribution in [3.05, 3.63) is 53.5 Å². The summed E-state index contributed by atoms with van der Waals surface area (Å²) < 4.78 is 0. The van der Waals surface area contributed by atoms with Gasteiger partial charge in [0.1, 0.15) is 17.8 Å². The molecule has 6 heteroatoms. The fourth-order valence-electron chi connectivity index (χ4n) is 4.26. The zero-order chi connectivity index (χ0) is 19.8. The first-order valence-corrected chi connectivity index (χ1v) is 10.6. The Hall–Kier alpha value is -2.89. The fraction of sp³-hybridized carbons (Fsp3) is 0.435. The third kappa shape index (κ3) is 3.71. The Bertz CT molecular complexity index is 1010. The molecular weight excluding hydrogens is 362 g/mol. The summed E-state index contributed by atoms with van der Waals surface area (Å²) in [5.74, 6) is 1.92. The Morgan fingerprint density at radius 2 is 1.86 bits per heavy atom. The van der Waals surface area contributed by atoms with Gasteiger partial charge in [-0.2, -0.15) is 0 Å². The van der Waals surface area contributed by atoms with Crippen molar-refractivity contribution < 1.29 is 4.79 Å². The van der Waals surface area contributed by atoms with Crippen LogP contribution in [-0.4, -0.2) is 51.9 Å². The fourth-order valence-corrected chi connectivity index (χ4v) is 4.26. The van der Waals surface area contributed by atoms with Crippen LogP contribution in [0.3, 0.4) is 0 Å². The number of aryl methyl sites for hydroxylation is 2. The number of fused-ring (bicyclic) bond motifs is 1. The van der Waals surface area contributed by atoms with E-state index >= 15 is 0 Å². The number of hydrogen-bond acceptors (Lipinski definition) is 4. The largest absolute Gasteiger partial charge is 0.352 e. The van der Waals surface area contributed by atoms with Crippen molar-refractivity contribution in [3.8, 4) is 0 Å². The average molecular weight is 390 g/mol. The van der Waals surface area contributed by atoms with Crippen molar-refractivity contribution in [3.63, 3.8) is 0 Å². The van der Waals surface area contributed by atoms with E-state index in [0.717, 1.165) is 44.1 Å². The number of nitrogens with zero attached hydrogens (tertiary/aromatic N) is 4. The molecule has 1 saturated carbocycles. The minimum atomic E-state index is 0.248. The summed E-state index contributed by atoms with van der Waals surface area (Å²) >= 11 is 0. The Morgan fingerprint density at radius 1 is 1.10 bits per heavy atom. The van der Waals surface area contributed by atoms with Crippen LogP contribution >= 0.6 is 0 Å². The van der Waals surface area contributed by atoms with Gasteiger partial charge >= 0.3 is 0 Å². The number of hydrogen-bond donors (Lipinski definition) is 1. The number of aromatic nitrogens is 3. The monoisotopic (exact) mass is 389 g/mol. The van der Waals surface area contributed by atoms with E-state index in [4.69, 9.17) is 0 Å². The lowest BCUT2D eigenvalue weighted by molar-refractivity contribution is -0.131. The van der Waals surface area contributed by atoms with Gasteiger partial charge in [-0.25, -0.2) is 9.97 Å². The Labute approximate surface area is 171 Å². The van der Waals surface area contributed by atoms with Crippen LogP contribution in [0.25, 0.3) is 11.0 Å². The van der Waals surface area contributed by atoms with Crippen LogP contribution in [0.15, 0.2) is 36.8 Å². The van der Waals surface area contributed by atoms with E-state index in [-0.39, 0.29) is 5.91 Å². The molecule has 1 aliphatic carbocycles. The first kappa shape index (κ1) is 18.2. The van der Waals surface area contributed by atoms with Gasteiger partial charge < -0.3 is 14.8 Å². The number of piperazine rings is 1. The molecule has 0 radical (unpaired) electrons. The lowest BCUT2D eigenvalue weighted by atomic mass is 10.1. The van der Waals surface area contributed by atoms with E-state index in [1.165, 1.54) is 34.9 Å². The zero-order valence-electron chi connectivity index (χ0n) is 16.9. The van der Waals surface area contributed by atoms with Gasteiger partial charge in [0.25, 0.3) is 0 Å². The molecule has 3 heterocycles. The molecule has 3 aromatic rings. The second-order valence-corrected chi connectivity index (χ2v) is 8.29. The van der Waals surface area contributed by atoms with Gasteiger partial charge in [-0.3, -0.25) is 4.79 Å². The predicted molar refractivity (Wildman–Crippen MR) is 114 cm³/mol. The average Bonchev–Trinajstić information content (AvgIpc) is 3.51. The highest BCUT2D eigenvalue weighted by atomic mass is 16.2. The number of rotatable bonds is 5. The normalized spacial score (nSPS) is 17.1. The van der Waals surface area contributed by atoms with Crippen molar-refractivity contribution in [1.29, 1.82) is 0 Å². The van der Waals surface area contributed by atoms with Crippen molar-refractivity contribution in [2.75, 3.05) is 31.1 Å². The number of H-pyrrole nitrogens is 1. The van der Waals surface area contributed by atoms with Crippen LogP contribution in [0.4, 0.5) is 5.82 Å². The summed E-state index contributed by atoms with van der Waals surface area (Å²) in [6.07, 6.45) is 7.63. The maximum Gasteiger partial charge on any atom is 0.223 e. The summed E-state index contributed by atoms with van der Waals surface area (Å²) in [5.41, 5.74) is 4.76. The second kappa shape index (κ2) is 7.50. The number of benzene rings is 1. The summed E-state index contributed by atoms with van der Waals surface area (Å²) in [5, 5.41) is 1.18. The molecule has 29 heavy (non-hydrogen) atoms. The highest BCUT2D eigenvalue weighted by molar-refractivity contribution is 5.91. The maximum absolute atomic E-state index is 12.7. The van der Waals surface area contributed by atoms with Crippen molar-refractivity contribution in [2.45, 2.75) is 38.5 Å². The van der Waals surface area contributed by atoms with Crippen LogP contribution < -0.4 is 4.90 Å². The smallest absolute Gasteiger partial charge is 0.223 e. The molecule has 2 fully saturated rings. The number of aromatic amines is 1. The Balaban J connectivity index is 1.23. The first-order chi connectivity index (χ1) is 14.2. The topological polar surface area (TPSA) is 65.1 Å². The number of amides is 1. The van der Waals surface area contributed by atoms with E-state index in [1.54, 1.807) is 6.33 Å². The van der Waals surface area contributed by atoms with Crippen LogP contribution in [0.5, 0.6) is 0 Å². The van der Waals surface area contributed by atoms with Crippen LogP contribution in [-0.2, 0) is 11.2 Å². The number of anilines is 1. The van der Waals surface area contributed by atoms with Crippen LogP contribution in [0, 0.1) is 6.92 Å². The van der Waals surface area contributed by atoms with E-state index in [9.17, 15) is 4.79 Å². The summed E-state index contributed by atoms with van der Waals surface area (Å²) in [6, 6.07) is 8.46. The molecule has 0 spiro atoms. The number of carbonyl (C=O) groups excluding carboxylic acids is 1. The van der Waals surface area contributed by atoms with Gasteiger partial charge in [0.15, 0.2) is 0 Å². The molecule has 150 valence electrons. The highest BCUT2D eigenvalue weighted by Crippen LogP contribution is 2.44. The molecule has 1 aromatic carbocycles. The summed E-state index contributed by atoms with van der Waals surface area (Å²) in [6.45, 7) is 5.22. The molecule has 1 amide bonds. The molecule has 5 rings (SSSR count). The molecule has 0 bridgehead atoms. The number of nitrogens with one attached hydrogen (secondary N) is 1. The van der Waals surface area contributed by atoms with Crippen molar-refractivity contribution >= 4 is 22.8 Å². The van der Waals surface area contributed by atoms with Gasteiger partial charge in [0, 0.05) is 38.8 Å². The molecule has 1 N–H and O–H groups in total. The zero-order valence-corrected chi connectivity index (χ0v) is 16.9. The van der Waals surface area contributed by atoms with Crippen molar-refractivity contribution in [1.82, 2.24) is 19.9 Å². The third-order valence-corrected chi connectivity index (χ3v) is 6.18. The first-order valence-electron chi connectivity index (χ1n) is 10.6. The Kier molecular flexibility index (Phi) is 4.70. The lowest BCUT2D eigenvalue weighted by Crippen LogP contribution is -2.49. The molecule has 1 aliphatic heterocycles. The summed E-state index contributed by atoms with van der Waals surface area (Å²) in [4.78, 5) is 29.3. The molecular formula is C23H27N5O. The van der Waals surface area contributed by atoms with E-state index in [2.05, 4.69) is 57.2 Å². The molecule has 0 unspecified atom stereocenters. The van der Waals surface area contributed by atoms with E-state index in [0.29, 0.717) is 12.3 Å². The maximum atomic E-state index is 12.7. The second-order valence-electron chi connectivity index (χ2n) is 8.29. The molecule has 2 aromatic heterocycles. The molecule has 1 saturated heterocycles. The molecule has 0 atom stereocenters. The lowest BCUT2D eigenvalue weighted by Gasteiger charge is -2.35. The molecule has 6 nitrogen and oxygen atoms in total. The SMILES string of the molecule is Cc1ccc(CCC(=O)N2CCN(c3ncnc4[nH]cc(C5CC5)c34)CC2)cc1. The van der Waals surface area contributed by atoms with Gasteiger partial charge in [-0.15, -0.1) is 0 Å². The van der Waals surface area contributed by atoms with Gasteiger partial charge in [0.2, 0.25) is 5.91 Å². The quantitative estimate of drug-likeness (QED) is 0.726. The number of carbonyl (C=O) groups is 1. The highest BCUT2D eigenvalue weighted by Gasteiger charge is 2.30. The molecule has 2 aliphatic rings. The minimum Gasteiger partial charge on any atom is -0.352 e. The Morgan fingerprint density at radius 3 is 2.59 bits per heavy atom. The predicted octanol–water partition coefficient (Wildman–Crippen LogP) is 3.43. The van der Waals surface area contributed by atoms with Crippen molar-refractivity contribution in [2.24, 2.45) is 0 Å². The van der Waals surface area contributed by atoms with Gasteiger partial charge in [-0.1, -0.05) is 29.8 Å². The van der Waals surface area contributed by atoms with E-state index in [1.807, 2.05) is 4.90 Å². The standard InChI is InChI=1S/C23H27N5O/c1-16-2-4-17(5-3-16)6-9-20(29)27-10-12-28(13-11-27)23-21-19(18-7-8-18)14-24-22(21)25-15-26-23/h2-5,14-15,18H,6-13H2,1H3,(H,24,25,26). The van der Waals surface area contributed by atoms with Gasteiger partial charge in [0.05, 0.1) is 5.39 Å². The van der Waals surface area contributed by atoms with Crippen LogP contribution in [0.1, 0.15) is 41.9 Å². The summed E-state index contributed by atoms with van der Waals surface area (Å²) in [7, 11) is 0. The minimum absolute atomic E-state index is 0.248. The van der Waals surface area contributed by atoms with Crippen LogP contribution in [0.2, 0.25) is 0 Å². The van der Waals surface area contributed by atoms with Gasteiger partial charge in [-0.05, 0) is 43.2 Å². The third-order valence-electron chi connectivity index (χ3n) is 6.18.